The second-order valence-electron chi connectivity index (χ2n) is 12.1. The van der Waals surface area contributed by atoms with Crippen molar-refractivity contribution in [2.24, 2.45) is 5.41 Å². The lowest BCUT2D eigenvalue weighted by Gasteiger charge is -2.39. The van der Waals surface area contributed by atoms with Crippen molar-refractivity contribution in [2.75, 3.05) is 44.7 Å². The van der Waals surface area contributed by atoms with Gasteiger partial charge in [-0.25, -0.2) is 9.78 Å². The van der Waals surface area contributed by atoms with Crippen molar-refractivity contribution in [3.8, 4) is 11.5 Å². The number of allylic oxidation sites excluding steroid dienone is 1. The van der Waals surface area contributed by atoms with Gasteiger partial charge in [0, 0.05) is 61.1 Å². The fourth-order valence-corrected chi connectivity index (χ4v) is 6.48. The molecule has 1 fully saturated rings. The summed E-state index contributed by atoms with van der Waals surface area (Å²) in [7, 11) is 1.36. The lowest BCUT2D eigenvalue weighted by Crippen LogP contribution is -2.47. The molecule has 0 unspecified atom stereocenters. The summed E-state index contributed by atoms with van der Waals surface area (Å²) in [5, 5.41) is 1.95. The predicted molar refractivity (Wildman–Crippen MR) is 174 cm³/mol. The summed E-state index contributed by atoms with van der Waals surface area (Å²) in [5.74, 6) is 0.285. The van der Waals surface area contributed by atoms with Gasteiger partial charge in [0.25, 0.3) is 0 Å². The highest BCUT2D eigenvalue weighted by Crippen LogP contribution is 2.43. The van der Waals surface area contributed by atoms with Crippen LogP contribution >= 0.6 is 23.2 Å². The molecular formula is C34H36Cl2N4O3. The Morgan fingerprint density at radius 1 is 1.02 bits per heavy atom. The number of carbonyl (C=O) groups is 1. The molecule has 224 valence electrons. The predicted octanol–water partition coefficient (Wildman–Crippen LogP) is 8.23. The minimum atomic E-state index is -0.474. The van der Waals surface area contributed by atoms with Gasteiger partial charge in [0.05, 0.1) is 18.3 Å². The Bertz CT molecular complexity index is 1670. The number of methoxy groups -OCH3 is 1. The number of piperazine rings is 1. The SMILES string of the molecule is COC(=O)c1ccc(N2CCN(CC3=C(c4ccc(Cl)cc4)CC(C)(C)CC3)CC2)cc1Oc1cnc2[nH]ccc2c1Cl. The number of H-pyrrole nitrogens is 1. The molecule has 2 aromatic carbocycles. The van der Waals surface area contributed by atoms with E-state index in [-0.39, 0.29) is 0 Å². The molecule has 1 saturated heterocycles. The third-order valence-corrected chi connectivity index (χ3v) is 9.25. The summed E-state index contributed by atoms with van der Waals surface area (Å²) in [6, 6.07) is 15.8. The molecule has 1 aliphatic heterocycles. The number of hydrogen-bond donors (Lipinski definition) is 1. The van der Waals surface area contributed by atoms with Gasteiger partial charge in [-0.05, 0) is 66.1 Å². The van der Waals surface area contributed by atoms with Gasteiger partial charge in [-0.2, -0.15) is 0 Å². The molecule has 0 saturated carbocycles. The molecule has 1 aliphatic carbocycles. The van der Waals surface area contributed by atoms with Crippen molar-refractivity contribution >= 4 is 51.5 Å². The molecule has 0 spiro atoms. The van der Waals surface area contributed by atoms with Crippen molar-refractivity contribution in [3.05, 3.63) is 87.7 Å². The number of anilines is 1. The van der Waals surface area contributed by atoms with Gasteiger partial charge < -0.3 is 19.4 Å². The number of rotatable bonds is 7. The first-order valence-electron chi connectivity index (χ1n) is 14.7. The number of ether oxygens (including phenoxy) is 2. The number of hydrogen-bond acceptors (Lipinski definition) is 6. The fraction of sp³-hybridized carbons (Fsp3) is 0.353. The smallest absolute Gasteiger partial charge is 0.341 e. The lowest BCUT2D eigenvalue weighted by molar-refractivity contribution is 0.0598. The largest absolute Gasteiger partial charge is 0.465 e. The monoisotopic (exact) mass is 618 g/mol. The van der Waals surface area contributed by atoms with Gasteiger partial charge >= 0.3 is 5.97 Å². The van der Waals surface area contributed by atoms with E-state index in [0.29, 0.717) is 33.1 Å². The second kappa shape index (κ2) is 12.2. The third-order valence-electron chi connectivity index (χ3n) is 8.61. The number of aromatic nitrogens is 2. The highest BCUT2D eigenvalue weighted by Gasteiger charge is 2.29. The van der Waals surface area contributed by atoms with Crippen molar-refractivity contribution < 1.29 is 14.3 Å². The highest BCUT2D eigenvalue weighted by atomic mass is 35.5. The van der Waals surface area contributed by atoms with E-state index in [0.717, 1.165) is 61.7 Å². The summed E-state index contributed by atoms with van der Waals surface area (Å²) < 4.78 is 11.2. The van der Waals surface area contributed by atoms with Crippen LogP contribution in [0.15, 0.2) is 66.5 Å². The molecule has 2 aromatic heterocycles. The number of halogens is 2. The number of carbonyl (C=O) groups excluding carboxylic acids is 1. The van der Waals surface area contributed by atoms with Gasteiger partial charge in [0.15, 0.2) is 5.75 Å². The Kier molecular flexibility index (Phi) is 8.40. The molecule has 9 heteroatoms. The third kappa shape index (κ3) is 6.40. The average Bonchev–Trinajstić information content (AvgIpc) is 3.50. The molecule has 4 aromatic rings. The summed E-state index contributed by atoms with van der Waals surface area (Å²) in [4.78, 5) is 24.9. The minimum absolute atomic E-state index is 0.293. The van der Waals surface area contributed by atoms with E-state index >= 15 is 0 Å². The molecule has 2 aliphatic rings. The summed E-state index contributed by atoms with van der Waals surface area (Å²) in [6.45, 7) is 9.32. The van der Waals surface area contributed by atoms with E-state index < -0.39 is 5.97 Å². The van der Waals surface area contributed by atoms with Crippen molar-refractivity contribution in [2.45, 2.75) is 33.1 Å². The maximum atomic E-state index is 12.6. The normalized spacial score (nSPS) is 17.4. The molecule has 7 nitrogen and oxygen atoms in total. The Labute approximate surface area is 262 Å². The first kappa shape index (κ1) is 29.5. The molecule has 0 amide bonds. The summed E-state index contributed by atoms with van der Waals surface area (Å²) in [5.41, 5.74) is 6.58. The van der Waals surface area contributed by atoms with Crippen LogP contribution in [0.25, 0.3) is 16.6 Å². The van der Waals surface area contributed by atoms with Crippen LogP contribution in [0, 0.1) is 5.41 Å². The van der Waals surface area contributed by atoms with Crippen LogP contribution in [0.4, 0.5) is 5.69 Å². The van der Waals surface area contributed by atoms with Crippen molar-refractivity contribution in [3.63, 3.8) is 0 Å². The van der Waals surface area contributed by atoms with Gasteiger partial charge in [0.1, 0.15) is 17.0 Å². The maximum Gasteiger partial charge on any atom is 0.341 e. The van der Waals surface area contributed by atoms with Crippen molar-refractivity contribution in [1.82, 2.24) is 14.9 Å². The Morgan fingerprint density at radius 2 is 1.79 bits per heavy atom. The van der Waals surface area contributed by atoms with Gasteiger partial charge in [-0.3, -0.25) is 4.90 Å². The quantitative estimate of drug-likeness (QED) is 0.210. The van der Waals surface area contributed by atoms with Crippen LogP contribution in [0.2, 0.25) is 10.0 Å². The zero-order chi connectivity index (χ0) is 30.1. The molecular weight excluding hydrogens is 583 g/mol. The molecule has 0 atom stereocenters. The van der Waals surface area contributed by atoms with E-state index in [1.807, 2.05) is 30.3 Å². The summed E-state index contributed by atoms with van der Waals surface area (Å²) in [6.07, 6.45) is 6.73. The molecule has 0 radical (unpaired) electrons. The van der Waals surface area contributed by atoms with Crippen LogP contribution in [0.5, 0.6) is 11.5 Å². The fourth-order valence-electron chi connectivity index (χ4n) is 6.12. The number of fused-ring (bicyclic) bond motifs is 1. The highest BCUT2D eigenvalue weighted by molar-refractivity contribution is 6.36. The van der Waals surface area contributed by atoms with E-state index in [9.17, 15) is 4.79 Å². The zero-order valence-corrected chi connectivity index (χ0v) is 26.3. The van der Waals surface area contributed by atoms with E-state index in [4.69, 9.17) is 32.7 Å². The van der Waals surface area contributed by atoms with Gasteiger partial charge in [-0.1, -0.05) is 54.8 Å². The van der Waals surface area contributed by atoms with Crippen LogP contribution in [0.3, 0.4) is 0 Å². The Morgan fingerprint density at radius 3 is 2.53 bits per heavy atom. The first-order valence-corrected chi connectivity index (χ1v) is 15.4. The van der Waals surface area contributed by atoms with Gasteiger partial charge in [0.2, 0.25) is 0 Å². The average molecular weight is 620 g/mol. The Hall–Kier alpha value is -3.52. The minimum Gasteiger partial charge on any atom is -0.465 e. The van der Waals surface area contributed by atoms with Crippen LogP contribution < -0.4 is 9.64 Å². The molecule has 1 N–H and O–H groups in total. The lowest BCUT2D eigenvalue weighted by atomic mass is 9.72. The van der Waals surface area contributed by atoms with E-state index in [2.05, 4.69) is 45.7 Å². The topological polar surface area (TPSA) is 70.7 Å². The molecule has 0 bridgehead atoms. The van der Waals surface area contributed by atoms with E-state index in [1.54, 1.807) is 18.5 Å². The maximum absolute atomic E-state index is 12.6. The number of nitrogens with one attached hydrogen (secondary N) is 1. The molecule has 6 rings (SSSR count). The van der Waals surface area contributed by atoms with Crippen LogP contribution in [-0.4, -0.2) is 60.7 Å². The van der Waals surface area contributed by atoms with Gasteiger partial charge in [-0.15, -0.1) is 0 Å². The summed E-state index contributed by atoms with van der Waals surface area (Å²) >= 11 is 12.8. The second-order valence-corrected chi connectivity index (χ2v) is 13.0. The number of benzene rings is 2. The zero-order valence-electron chi connectivity index (χ0n) is 24.8. The molecule has 43 heavy (non-hydrogen) atoms. The number of pyridine rings is 1. The first-order chi connectivity index (χ1) is 20.7. The number of nitrogens with zero attached hydrogens (tertiary/aromatic N) is 3. The standard InChI is InChI=1S/C34H36Cl2N4O3/c1-34(2)12-10-23(28(19-34)22-4-6-24(35)7-5-22)21-39-14-16-40(17-15-39)25-8-9-26(33(41)42-3)29(18-25)43-30-20-38-32-27(31(30)36)11-13-37-32/h4-9,11,13,18,20H,10,12,14-17,19,21H2,1-3H3,(H,37,38). The van der Waals surface area contributed by atoms with Crippen molar-refractivity contribution in [1.29, 1.82) is 0 Å². The number of esters is 1. The van der Waals surface area contributed by atoms with Crippen LogP contribution in [0.1, 0.15) is 49.0 Å². The Balaban J connectivity index is 1.19. The van der Waals surface area contributed by atoms with Crippen LogP contribution in [-0.2, 0) is 4.74 Å². The number of aromatic amines is 1. The molecule has 3 heterocycles. The van der Waals surface area contributed by atoms with E-state index in [1.165, 1.54) is 30.2 Å².